The van der Waals surface area contributed by atoms with E-state index in [2.05, 4.69) is 10.2 Å². The summed E-state index contributed by atoms with van der Waals surface area (Å²) in [6, 6.07) is 27.7. The molecule has 0 aliphatic heterocycles. The number of rotatable bonds is 3. The van der Waals surface area contributed by atoms with E-state index in [0.29, 0.717) is 5.88 Å². The van der Waals surface area contributed by atoms with Gasteiger partial charge in [0.05, 0.1) is 0 Å². The van der Waals surface area contributed by atoms with Crippen LogP contribution < -0.4 is 4.74 Å². The van der Waals surface area contributed by atoms with Gasteiger partial charge in [-0.1, -0.05) is 66.7 Å². The molecule has 110 valence electrons. The van der Waals surface area contributed by atoms with Crippen LogP contribution in [0, 0.1) is 0 Å². The Morgan fingerprint density at radius 3 is 1.91 bits per heavy atom. The highest BCUT2D eigenvalue weighted by molar-refractivity contribution is 5.96. The van der Waals surface area contributed by atoms with E-state index in [9.17, 15) is 0 Å². The van der Waals surface area contributed by atoms with Gasteiger partial charge in [0, 0.05) is 16.3 Å². The summed E-state index contributed by atoms with van der Waals surface area (Å²) in [6.45, 7) is 0. The molecule has 3 nitrogen and oxygen atoms in total. The fraction of sp³-hybridized carbons (Fsp3) is 0. The Kier molecular flexibility index (Phi) is 3.45. The van der Waals surface area contributed by atoms with Gasteiger partial charge in [-0.2, -0.15) is 0 Å². The summed E-state index contributed by atoms with van der Waals surface area (Å²) < 4.78 is 5.91. The first kappa shape index (κ1) is 13.5. The van der Waals surface area contributed by atoms with E-state index in [4.69, 9.17) is 4.74 Å². The van der Waals surface area contributed by atoms with E-state index < -0.39 is 0 Å². The SMILES string of the molecule is c1ccc(Oc2nnc(-c3ccccc3)c3ccccc23)cc1. The van der Waals surface area contributed by atoms with Crippen LogP contribution in [0.15, 0.2) is 84.9 Å². The molecule has 0 aliphatic carbocycles. The van der Waals surface area contributed by atoms with Crippen molar-refractivity contribution in [2.75, 3.05) is 0 Å². The van der Waals surface area contributed by atoms with E-state index in [1.54, 1.807) is 0 Å². The number of nitrogens with zero attached hydrogens (tertiary/aromatic N) is 2. The number of hydrogen-bond acceptors (Lipinski definition) is 3. The molecule has 1 heterocycles. The van der Waals surface area contributed by atoms with E-state index in [1.807, 2.05) is 84.9 Å². The highest BCUT2D eigenvalue weighted by Gasteiger charge is 2.11. The predicted molar refractivity (Wildman–Crippen MR) is 91.5 cm³/mol. The monoisotopic (exact) mass is 298 g/mol. The van der Waals surface area contributed by atoms with Crippen molar-refractivity contribution < 1.29 is 4.74 Å². The zero-order chi connectivity index (χ0) is 15.5. The van der Waals surface area contributed by atoms with E-state index >= 15 is 0 Å². The third kappa shape index (κ3) is 2.64. The van der Waals surface area contributed by atoms with Crippen LogP contribution in [0.2, 0.25) is 0 Å². The van der Waals surface area contributed by atoms with Gasteiger partial charge >= 0.3 is 0 Å². The maximum Gasteiger partial charge on any atom is 0.246 e. The van der Waals surface area contributed by atoms with Crippen molar-refractivity contribution in [2.24, 2.45) is 0 Å². The molecule has 0 fully saturated rings. The molecule has 0 bridgehead atoms. The molecule has 0 saturated carbocycles. The van der Waals surface area contributed by atoms with Gasteiger partial charge in [-0.3, -0.25) is 0 Å². The molecular formula is C20H14N2O. The lowest BCUT2D eigenvalue weighted by atomic mass is 10.1. The van der Waals surface area contributed by atoms with Crippen LogP contribution in [-0.2, 0) is 0 Å². The average Bonchev–Trinajstić information content (AvgIpc) is 2.64. The summed E-state index contributed by atoms with van der Waals surface area (Å²) >= 11 is 0. The smallest absolute Gasteiger partial charge is 0.246 e. The molecule has 3 aromatic carbocycles. The van der Waals surface area contributed by atoms with Gasteiger partial charge in [-0.25, -0.2) is 0 Å². The van der Waals surface area contributed by atoms with Gasteiger partial charge in [-0.15, -0.1) is 10.2 Å². The van der Waals surface area contributed by atoms with Crippen LogP contribution in [-0.4, -0.2) is 10.2 Å². The summed E-state index contributed by atoms with van der Waals surface area (Å²) in [5.74, 6) is 1.27. The number of para-hydroxylation sites is 1. The molecule has 4 aromatic rings. The van der Waals surface area contributed by atoms with Crippen molar-refractivity contribution in [3.63, 3.8) is 0 Å². The Labute approximate surface area is 134 Å². The summed E-state index contributed by atoms with van der Waals surface area (Å²) in [7, 11) is 0. The standard InChI is InChI=1S/C20H14N2O/c1-3-9-15(10-4-1)19-17-13-7-8-14-18(17)20(22-21-19)23-16-11-5-2-6-12-16/h1-14H. The summed E-state index contributed by atoms with van der Waals surface area (Å²) in [5.41, 5.74) is 1.91. The van der Waals surface area contributed by atoms with Crippen LogP contribution in [0.1, 0.15) is 0 Å². The molecule has 4 rings (SSSR count). The van der Waals surface area contributed by atoms with Crippen molar-refractivity contribution in [2.45, 2.75) is 0 Å². The predicted octanol–water partition coefficient (Wildman–Crippen LogP) is 5.09. The maximum absolute atomic E-state index is 5.91. The summed E-state index contributed by atoms with van der Waals surface area (Å²) in [5, 5.41) is 10.7. The first-order valence-corrected chi connectivity index (χ1v) is 7.45. The van der Waals surface area contributed by atoms with Gasteiger partial charge in [0.2, 0.25) is 5.88 Å². The second-order valence-corrected chi connectivity index (χ2v) is 5.18. The fourth-order valence-electron chi connectivity index (χ4n) is 2.56. The topological polar surface area (TPSA) is 35.0 Å². The van der Waals surface area contributed by atoms with Crippen LogP contribution in [0.3, 0.4) is 0 Å². The summed E-state index contributed by atoms with van der Waals surface area (Å²) in [4.78, 5) is 0. The number of benzene rings is 3. The van der Waals surface area contributed by atoms with Crippen molar-refractivity contribution in [1.82, 2.24) is 10.2 Å². The Morgan fingerprint density at radius 1 is 0.565 bits per heavy atom. The zero-order valence-corrected chi connectivity index (χ0v) is 12.4. The lowest BCUT2D eigenvalue weighted by molar-refractivity contribution is 0.462. The first-order valence-electron chi connectivity index (χ1n) is 7.45. The Morgan fingerprint density at radius 2 is 1.17 bits per heavy atom. The largest absolute Gasteiger partial charge is 0.437 e. The maximum atomic E-state index is 5.91. The minimum Gasteiger partial charge on any atom is -0.437 e. The van der Waals surface area contributed by atoms with Gasteiger partial charge in [0.15, 0.2) is 0 Å². The molecule has 1 aromatic heterocycles. The molecule has 0 amide bonds. The lowest BCUT2D eigenvalue weighted by Gasteiger charge is -2.10. The number of hydrogen-bond donors (Lipinski definition) is 0. The molecule has 0 saturated heterocycles. The number of aromatic nitrogens is 2. The molecule has 0 spiro atoms. The van der Waals surface area contributed by atoms with Gasteiger partial charge in [0.1, 0.15) is 11.4 Å². The van der Waals surface area contributed by atoms with Gasteiger partial charge < -0.3 is 4.74 Å². The Hall–Kier alpha value is -3.20. The zero-order valence-electron chi connectivity index (χ0n) is 12.4. The van der Waals surface area contributed by atoms with Crippen molar-refractivity contribution >= 4 is 10.8 Å². The normalized spacial score (nSPS) is 10.6. The van der Waals surface area contributed by atoms with Crippen molar-refractivity contribution in [1.29, 1.82) is 0 Å². The average molecular weight is 298 g/mol. The highest BCUT2D eigenvalue weighted by atomic mass is 16.5. The molecular weight excluding hydrogens is 284 g/mol. The van der Waals surface area contributed by atoms with Crippen molar-refractivity contribution in [3.05, 3.63) is 84.9 Å². The van der Waals surface area contributed by atoms with E-state index in [0.717, 1.165) is 27.8 Å². The quantitative estimate of drug-likeness (QED) is 0.528. The molecule has 0 radical (unpaired) electrons. The van der Waals surface area contributed by atoms with E-state index in [-0.39, 0.29) is 0 Å². The molecule has 0 aliphatic rings. The fourth-order valence-corrected chi connectivity index (χ4v) is 2.56. The number of fused-ring (bicyclic) bond motifs is 1. The highest BCUT2D eigenvalue weighted by Crippen LogP contribution is 2.32. The van der Waals surface area contributed by atoms with Crippen LogP contribution in [0.4, 0.5) is 0 Å². The van der Waals surface area contributed by atoms with Crippen LogP contribution in [0.5, 0.6) is 11.6 Å². The second kappa shape index (κ2) is 5.89. The minimum absolute atomic E-state index is 0.520. The van der Waals surface area contributed by atoms with Gasteiger partial charge in [0.25, 0.3) is 0 Å². The number of ether oxygens (including phenoxy) is 1. The Balaban J connectivity index is 1.86. The van der Waals surface area contributed by atoms with Crippen LogP contribution >= 0.6 is 0 Å². The molecule has 0 N–H and O–H groups in total. The van der Waals surface area contributed by atoms with Gasteiger partial charge in [-0.05, 0) is 18.2 Å². The Bertz CT molecular complexity index is 937. The third-order valence-corrected chi connectivity index (χ3v) is 3.66. The third-order valence-electron chi connectivity index (χ3n) is 3.66. The molecule has 0 atom stereocenters. The lowest BCUT2D eigenvalue weighted by Crippen LogP contribution is -1.95. The minimum atomic E-state index is 0.520. The van der Waals surface area contributed by atoms with Crippen molar-refractivity contribution in [3.8, 4) is 22.9 Å². The van der Waals surface area contributed by atoms with E-state index in [1.165, 1.54) is 0 Å². The second-order valence-electron chi connectivity index (χ2n) is 5.18. The molecule has 23 heavy (non-hydrogen) atoms. The first-order chi connectivity index (χ1) is 11.4. The summed E-state index contributed by atoms with van der Waals surface area (Å²) in [6.07, 6.45) is 0. The van der Waals surface area contributed by atoms with Crippen LogP contribution in [0.25, 0.3) is 22.0 Å². The molecule has 3 heteroatoms. The molecule has 0 unspecified atom stereocenters.